The van der Waals surface area contributed by atoms with Gasteiger partial charge in [-0.05, 0) is 94.4 Å². The van der Waals surface area contributed by atoms with Gasteiger partial charge in [0.05, 0.1) is 26.4 Å². The fourth-order valence-corrected chi connectivity index (χ4v) is 6.23. The number of rotatable bonds is 24. The highest BCUT2D eigenvalue weighted by atomic mass is 16.5. The van der Waals surface area contributed by atoms with Gasteiger partial charge in [0.15, 0.2) is 11.5 Å². The number of hydrogen-bond donors (Lipinski definition) is 0. The Morgan fingerprint density at radius 1 is 0.326 bits per heavy atom. The molecule has 0 aromatic heterocycles. The van der Waals surface area contributed by atoms with Gasteiger partial charge in [0, 0.05) is 0 Å². The summed E-state index contributed by atoms with van der Waals surface area (Å²) in [7, 11) is 0. The number of benzene rings is 4. The first-order valence-electron chi connectivity index (χ1n) is 18.7. The minimum absolute atomic E-state index is 0.707. The molecule has 4 nitrogen and oxygen atoms in total. The molecule has 0 aliphatic heterocycles. The summed E-state index contributed by atoms with van der Waals surface area (Å²) in [4.78, 5) is 0. The Labute approximate surface area is 279 Å². The van der Waals surface area contributed by atoms with E-state index in [0.717, 1.165) is 61.9 Å². The quantitative estimate of drug-likeness (QED) is 0.0571. The Bertz CT molecular complexity index is 1330. The lowest BCUT2D eigenvalue weighted by Crippen LogP contribution is -2.03. The lowest BCUT2D eigenvalue weighted by atomic mass is 9.93. The van der Waals surface area contributed by atoms with Crippen molar-refractivity contribution < 1.29 is 18.9 Å². The van der Waals surface area contributed by atoms with E-state index < -0.39 is 0 Å². The molecular formula is C42H60O4. The minimum atomic E-state index is 0.707. The normalized spacial score (nSPS) is 11.5. The number of unbranched alkanes of at least 4 members (excludes halogenated alkanes) is 12. The maximum absolute atomic E-state index is 6.46. The van der Waals surface area contributed by atoms with Crippen LogP contribution in [0.4, 0.5) is 0 Å². The molecule has 0 aliphatic carbocycles. The van der Waals surface area contributed by atoms with E-state index in [-0.39, 0.29) is 0 Å². The van der Waals surface area contributed by atoms with E-state index in [1.807, 2.05) is 0 Å². The molecule has 0 fully saturated rings. The molecule has 4 aromatic carbocycles. The van der Waals surface area contributed by atoms with Gasteiger partial charge in [-0.3, -0.25) is 0 Å². The summed E-state index contributed by atoms with van der Waals surface area (Å²) in [5.74, 6) is 3.55. The summed E-state index contributed by atoms with van der Waals surface area (Å²) < 4.78 is 25.5. The first kappa shape index (κ1) is 35.7. The zero-order valence-electron chi connectivity index (χ0n) is 29.4. The highest BCUT2D eigenvalue weighted by Crippen LogP contribution is 2.43. The maximum Gasteiger partial charge on any atom is 0.161 e. The molecule has 0 heterocycles. The van der Waals surface area contributed by atoms with E-state index >= 15 is 0 Å². The molecule has 0 atom stereocenters. The third-order valence-corrected chi connectivity index (χ3v) is 8.98. The van der Waals surface area contributed by atoms with Crippen LogP contribution in [0.15, 0.2) is 48.5 Å². The van der Waals surface area contributed by atoms with Crippen LogP contribution in [0.1, 0.15) is 130 Å². The summed E-state index contributed by atoms with van der Waals surface area (Å²) in [5, 5.41) is 7.15. The summed E-state index contributed by atoms with van der Waals surface area (Å²) in [6, 6.07) is 17.6. The number of hydrogen-bond acceptors (Lipinski definition) is 4. The second-order valence-corrected chi connectivity index (χ2v) is 12.9. The van der Waals surface area contributed by atoms with Gasteiger partial charge >= 0.3 is 0 Å². The van der Waals surface area contributed by atoms with Crippen molar-refractivity contribution in [2.45, 2.75) is 130 Å². The van der Waals surface area contributed by atoms with Crippen molar-refractivity contribution in [3.63, 3.8) is 0 Å². The summed E-state index contributed by atoms with van der Waals surface area (Å²) in [6.07, 6.45) is 19.0. The molecule has 0 unspecified atom stereocenters. The summed E-state index contributed by atoms with van der Waals surface area (Å²) in [5.41, 5.74) is 0. The third kappa shape index (κ3) is 10.4. The molecule has 0 N–H and O–H groups in total. The zero-order valence-corrected chi connectivity index (χ0v) is 29.4. The van der Waals surface area contributed by atoms with Gasteiger partial charge in [-0.1, -0.05) is 117 Å². The zero-order chi connectivity index (χ0) is 32.4. The average molecular weight is 629 g/mol. The molecule has 0 aliphatic rings. The van der Waals surface area contributed by atoms with Crippen molar-refractivity contribution in [1.29, 1.82) is 0 Å². The molecular weight excluding hydrogens is 568 g/mol. The monoisotopic (exact) mass is 628 g/mol. The molecule has 252 valence electrons. The van der Waals surface area contributed by atoms with Crippen molar-refractivity contribution in [3.05, 3.63) is 48.5 Å². The molecule has 0 radical (unpaired) electrons. The number of ether oxygens (including phenoxy) is 4. The Balaban J connectivity index is 1.75. The van der Waals surface area contributed by atoms with Crippen molar-refractivity contribution in [1.82, 2.24) is 0 Å². The molecule has 4 heteroatoms. The van der Waals surface area contributed by atoms with Gasteiger partial charge in [0.25, 0.3) is 0 Å². The van der Waals surface area contributed by atoms with Gasteiger partial charge in [-0.2, -0.15) is 0 Å². The van der Waals surface area contributed by atoms with Crippen LogP contribution in [0, 0.1) is 0 Å². The van der Waals surface area contributed by atoms with E-state index in [4.69, 9.17) is 18.9 Å². The van der Waals surface area contributed by atoms with Crippen molar-refractivity contribution in [2.24, 2.45) is 0 Å². The molecule has 4 aromatic rings. The van der Waals surface area contributed by atoms with Gasteiger partial charge in [0.2, 0.25) is 0 Å². The molecule has 0 amide bonds. The van der Waals surface area contributed by atoms with E-state index in [9.17, 15) is 0 Å². The second kappa shape index (κ2) is 20.2. The molecule has 46 heavy (non-hydrogen) atoms. The smallest absolute Gasteiger partial charge is 0.161 e. The molecule has 0 saturated heterocycles. The second-order valence-electron chi connectivity index (χ2n) is 12.9. The fourth-order valence-electron chi connectivity index (χ4n) is 6.23. The standard InChI is InChI=1S/C42H60O4/c1-5-9-13-17-25-43-33-21-23-35-37(29-33)38-30-34(44-26-18-14-10-6-2)22-24-36(38)40-32-42(46-28-20-16-12-8-4)41(31-39(35)40)45-27-19-15-11-7-3/h21-24,29-32H,5-20,25-28H2,1-4H3. The van der Waals surface area contributed by atoms with Crippen molar-refractivity contribution >= 4 is 32.3 Å². The van der Waals surface area contributed by atoms with Crippen molar-refractivity contribution in [3.8, 4) is 23.0 Å². The van der Waals surface area contributed by atoms with E-state index in [2.05, 4.69) is 76.2 Å². The van der Waals surface area contributed by atoms with E-state index in [0.29, 0.717) is 13.2 Å². The van der Waals surface area contributed by atoms with Crippen LogP contribution in [0.2, 0.25) is 0 Å². The van der Waals surface area contributed by atoms with Crippen LogP contribution in [-0.4, -0.2) is 26.4 Å². The first-order chi connectivity index (χ1) is 22.7. The highest BCUT2D eigenvalue weighted by Gasteiger charge is 2.16. The largest absolute Gasteiger partial charge is 0.494 e. The Morgan fingerprint density at radius 2 is 0.652 bits per heavy atom. The van der Waals surface area contributed by atoms with Crippen LogP contribution in [0.25, 0.3) is 32.3 Å². The van der Waals surface area contributed by atoms with Crippen LogP contribution in [-0.2, 0) is 0 Å². The van der Waals surface area contributed by atoms with Gasteiger partial charge in [-0.25, -0.2) is 0 Å². The van der Waals surface area contributed by atoms with E-state index in [1.54, 1.807) is 0 Å². The summed E-state index contributed by atoms with van der Waals surface area (Å²) in [6.45, 7) is 11.9. The van der Waals surface area contributed by atoms with Crippen LogP contribution in [0.5, 0.6) is 23.0 Å². The Morgan fingerprint density at radius 3 is 1.00 bits per heavy atom. The highest BCUT2D eigenvalue weighted by molar-refractivity contribution is 6.26. The SMILES string of the molecule is CCCCCCOc1ccc2c(c1)c1cc(OCCCCCC)ccc1c1cc(OCCCCCC)c(OCCCCCC)cc21. The predicted molar refractivity (Wildman–Crippen MR) is 198 cm³/mol. The fraction of sp³-hybridized carbons (Fsp3) is 0.571. The van der Waals surface area contributed by atoms with Crippen LogP contribution < -0.4 is 18.9 Å². The van der Waals surface area contributed by atoms with E-state index in [1.165, 1.54) is 109 Å². The molecule has 0 bridgehead atoms. The summed E-state index contributed by atoms with van der Waals surface area (Å²) >= 11 is 0. The van der Waals surface area contributed by atoms with Crippen molar-refractivity contribution in [2.75, 3.05) is 26.4 Å². The third-order valence-electron chi connectivity index (χ3n) is 8.98. The maximum atomic E-state index is 6.46. The van der Waals surface area contributed by atoms with Gasteiger partial charge in [-0.15, -0.1) is 0 Å². The average Bonchev–Trinajstić information content (AvgIpc) is 3.08. The van der Waals surface area contributed by atoms with Crippen LogP contribution >= 0.6 is 0 Å². The molecule has 4 rings (SSSR count). The minimum Gasteiger partial charge on any atom is -0.494 e. The topological polar surface area (TPSA) is 36.9 Å². The molecule has 0 spiro atoms. The van der Waals surface area contributed by atoms with Crippen LogP contribution in [0.3, 0.4) is 0 Å². The van der Waals surface area contributed by atoms with Gasteiger partial charge in [0.1, 0.15) is 11.5 Å². The Hall–Kier alpha value is -3.14. The Kier molecular flexibility index (Phi) is 15.7. The van der Waals surface area contributed by atoms with Gasteiger partial charge < -0.3 is 18.9 Å². The lowest BCUT2D eigenvalue weighted by Gasteiger charge is -2.18. The lowest BCUT2D eigenvalue weighted by molar-refractivity contribution is 0.259. The number of fused-ring (bicyclic) bond motifs is 6. The predicted octanol–water partition coefficient (Wildman–Crippen LogP) is 13.0. The first-order valence-corrected chi connectivity index (χ1v) is 18.7. The molecule has 0 saturated carbocycles.